The lowest BCUT2D eigenvalue weighted by Crippen LogP contribution is -2.41. The Kier molecular flexibility index (Phi) is 4.34. The standard InChI is InChI=1S/C13H21N3O/c14-9-11-5-6-13(10-15-11)16(7-2-8-17)12-3-1-4-12/h5-6,10,12,17H,1-4,7-9,14H2. The largest absolute Gasteiger partial charge is 0.396 e. The molecule has 94 valence electrons. The Morgan fingerprint density at radius 3 is 2.71 bits per heavy atom. The van der Waals surface area contributed by atoms with Gasteiger partial charge in [-0.05, 0) is 37.8 Å². The highest BCUT2D eigenvalue weighted by Gasteiger charge is 2.24. The average Bonchev–Trinajstić information content (AvgIpc) is 2.32. The number of aliphatic hydroxyl groups is 1. The van der Waals surface area contributed by atoms with E-state index in [2.05, 4.69) is 16.0 Å². The van der Waals surface area contributed by atoms with Gasteiger partial charge in [-0.3, -0.25) is 4.98 Å². The van der Waals surface area contributed by atoms with Crippen LogP contribution >= 0.6 is 0 Å². The minimum Gasteiger partial charge on any atom is -0.396 e. The maximum atomic E-state index is 8.96. The van der Waals surface area contributed by atoms with Crippen LogP contribution in [0.4, 0.5) is 5.69 Å². The molecule has 4 heteroatoms. The summed E-state index contributed by atoms with van der Waals surface area (Å²) in [6, 6.07) is 4.71. The fourth-order valence-electron chi connectivity index (χ4n) is 2.17. The minimum atomic E-state index is 0.248. The molecule has 0 atom stereocenters. The van der Waals surface area contributed by atoms with Gasteiger partial charge in [0.1, 0.15) is 0 Å². The molecule has 0 unspecified atom stereocenters. The summed E-state index contributed by atoms with van der Waals surface area (Å²) in [5.41, 5.74) is 7.62. The molecule has 0 aliphatic heterocycles. The summed E-state index contributed by atoms with van der Waals surface area (Å²) in [5.74, 6) is 0. The first-order valence-corrected chi connectivity index (χ1v) is 6.37. The van der Waals surface area contributed by atoms with E-state index in [0.717, 1.165) is 24.3 Å². The molecule has 1 aromatic rings. The zero-order valence-corrected chi connectivity index (χ0v) is 10.2. The molecule has 1 aromatic heterocycles. The average molecular weight is 235 g/mol. The van der Waals surface area contributed by atoms with E-state index in [1.54, 1.807) is 0 Å². The van der Waals surface area contributed by atoms with Crippen LogP contribution in [0.15, 0.2) is 18.3 Å². The normalized spacial score (nSPS) is 15.6. The fraction of sp³-hybridized carbons (Fsp3) is 0.615. The molecule has 2 rings (SSSR count). The number of aromatic nitrogens is 1. The van der Waals surface area contributed by atoms with Gasteiger partial charge in [0.2, 0.25) is 0 Å². The Morgan fingerprint density at radius 2 is 2.24 bits per heavy atom. The summed E-state index contributed by atoms with van der Waals surface area (Å²) in [6.45, 7) is 1.64. The van der Waals surface area contributed by atoms with E-state index in [0.29, 0.717) is 12.6 Å². The van der Waals surface area contributed by atoms with Crippen molar-refractivity contribution in [2.24, 2.45) is 5.73 Å². The van der Waals surface area contributed by atoms with Gasteiger partial charge in [-0.2, -0.15) is 0 Å². The summed E-state index contributed by atoms with van der Waals surface area (Å²) in [4.78, 5) is 6.71. The summed E-state index contributed by atoms with van der Waals surface area (Å²) in [6.07, 6.45) is 6.54. The van der Waals surface area contributed by atoms with Crippen molar-refractivity contribution in [1.29, 1.82) is 0 Å². The Hall–Kier alpha value is -1.13. The molecule has 1 aliphatic carbocycles. The Bertz CT molecular complexity index is 335. The smallest absolute Gasteiger partial charge is 0.0555 e. The molecule has 17 heavy (non-hydrogen) atoms. The van der Waals surface area contributed by atoms with E-state index >= 15 is 0 Å². The number of hydrogen-bond donors (Lipinski definition) is 2. The topological polar surface area (TPSA) is 62.4 Å². The highest BCUT2D eigenvalue weighted by molar-refractivity contribution is 5.46. The number of nitrogens with zero attached hydrogens (tertiary/aromatic N) is 2. The first-order chi connectivity index (χ1) is 8.35. The number of anilines is 1. The lowest BCUT2D eigenvalue weighted by atomic mass is 9.91. The summed E-state index contributed by atoms with van der Waals surface area (Å²) in [5, 5.41) is 8.96. The third-order valence-electron chi connectivity index (χ3n) is 3.42. The Morgan fingerprint density at radius 1 is 1.41 bits per heavy atom. The van der Waals surface area contributed by atoms with Gasteiger partial charge < -0.3 is 15.7 Å². The highest BCUT2D eigenvalue weighted by atomic mass is 16.3. The molecule has 0 saturated heterocycles. The molecule has 0 aromatic carbocycles. The van der Waals surface area contributed by atoms with Gasteiger partial charge in [0.25, 0.3) is 0 Å². The van der Waals surface area contributed by atoms with Crippen molar-refractivity contribution in [2.75, 3.05) is 18.1 Å². The number of rotatable bonds is 6. The maximum Gasteiger partial charge on any atom is 0.0555 e. The van der Waals surface area contributed by atoms with Crippen molar-refractivity contribution in [2.45, 2.75) is 38.3 Å². The second-order valence-corrected chi connectivity index (χ2v) is 4.57. The third kappa shape index (κ3) is 2.96. The van der Waals surface area contributed by atoms with Crippen LogP contribution in [0, 0.1) is 0 Å². The SMILES string of the molecule is NCc1ccc(N(CCCO)C2CCC2)cn1. The number of hydrogen-bond acceptors (Lipinski definition) is 4. The number of aliphatic hydroxyl groups excluding tert-OH is 1. The zero-order valence-electron chi connectivity index (χ0n) is 10.2. The quantitative estimate of drug-likeness (QED) is 0.779. The van der Waals surface area contributed by atoms with Crippen LogP contribution in [0.25, 0.3) is 0 Å². The fourth-order valence-corrected chi connectivity index (χ4v) is 2.17. The molecule has 4 nitrogen and oxygen atoms in total. The van der Waals surface area contributed by atoms with Crippen LogP contribution in [0.3, 0.4) is 0 Å². The third-order valence-corrected chi connectivity index (χ3v) is 3.42. The maximum absolute atomic E-state index is 8.96. The molecule has 3 N–H and O–H groups in total. The van der Waals surface area contributed by atoms with Crippen LogP contribution in [-0.2, 0) is 6.54 Å². The van der Waals surface area contributed by atoms with Gasteiger partial charge in [-0.25, -0.2) is 0 Å². The van der Waals surface area contributed by atoms with Gasteiger partial charge in [0.05, 0.1) is 17.6 Å². The monoisotopic (exact) mass is 235 g/mol. The van der Waals surface area contributed by atoms with E-state index in [1.165, 1.54) is 19.3 Å². The van der Waals surface area contributed by atoms with Gasteiger partial charge >= 0.3 is 0 Å². The lowest BCUT2D eigenvalue weighted by molar-refractivity contribution is 0.283. The van der Waals surface area contributed by atoms with Crippen molar-refractivity contribution >= 4 is 5.69 Å². The molecule has 1 saturated carbocycles. The van der Waals surface area contributed by atoms with E-state index in [4.69, 9.17) is 10.8 Å². The molecule has 0 amide bonds. The Labute approximate surface area is 102 Å². The van der Waals surface area contributed by atoms with Crippen LogP contribution < -0.4 is 10.6 Å². The van der Waals surface area contributed by atoms with Crippen molar-refractivity contribution in [3.63, 3.8) is 0 Å². The van der Waals surface area contributed by atoms with Gasteiger partial charge in [0.15, 0.2) is 0 Å². The van der Waals surface area contributed by atoms with Gasteiger partial charge in [0, 0.05) is 25.7 Å². The number of nitrogens with two attached hydrogens (primary N) is 1. The van der Waals surface area contributed by atoms with Crippen molar-refractivity contribution in [3.05, 3.63) is 24.0 Å². The van der Waals surface area contributed by atoms with Crippen molar-refractivity contribution < 1.29 is 5.11 Å². The van der Waals surface area contributed by atoms with Gasteiger partial charge in [-0.1, -0.05) is 0 Å². The van der Waals surface area contributed by atoms with Crippen molar-refractivity contribution in [3.8, 4) is 0 Å². The van der Waals surface area contributed by atoms with E-state index in [9.17, 15) is 0 Å². The molecule has 0 radical (unpaired) electrons. The van der Waals surface area contributed by atoms with Gasteiger partial charge in [-0.15, -0.1) is 0 Å². The van der Waals surface area contributed by atoms with Crippen molar-refractivity contribution in [1.82, 2.24) is 4.98 Å². The highest BCUT2D eigenvalue weighted by Crippen LogP contribution is 2.29. The second kappa shape index (κ2) is 5.98. The van der Waals surface area contributed by atoms with Crippen LogP contribution in [-0.4, -0.2) is 29.3 Å². The molecule has 1 heterocycles. The molecule has 1 aliphatic rings. The first-order valence-electron chi connectivity index (χ1n) is 6.37. The lowest BCUT2D eigenvalue weighted by Gasteiger charge is -2.39. The molecule has 0 bridgehead atoms. The molecule has 1 fully saturated rings. The number of pyridine rings is 1. The van der Waals surface area contributed by atoms with E-state index in [-0.39, 0.29) is 6.61 Å². The van der Waals surface area contributed by atoms with Crippen LogP contribution in [0.1, 0.15) is 31.4 Å². The predicted molar refractivity (Wildman–Crippen MR) is 68.8 cm³/mol. The minimum absolute atomic E-state index is 0.248. The molecular weight excluding hydrogens is 214 g/mol. The van der Waals surface area contributed by atoms with Crippen LogP contribution in [0.5, 0.6) is 0 Å². The summed E-state index contributed by atoms with van der Waals surface area (Å²) in [7, 11) is 0. The predicted octanol–water partition coefficient (Wildman–Crippen LogP) is 1.28. The Balaban J connectivity index is 2.06. The van der Waals surface area contributed by atoms with E-state index in [1.807, 2.05) is 12.3 Å². The van der Waals surface area contributed by atoms with Crippen LogP contribution in [0.2, 0.25) is 0 Å². The zero-order chi connectivity index (χ0) is 12.1. The first kappa shape index (κ1) is 12.3. The molecular formula is C13H21N3O. The second-order valence-electron chi connectivity index (χ2n) is 4.57. The molecule has 0 spiro atoms. The summed E-state index contributed by atoms with van der Waals surface area (Å²) < 4.78 is 0. The van der Waals surface area contributed by atoms with E-state index < -0.39 is 0 Å². The summed E-state index contributed by atoms with van der Waals surface area (Å²) >= 11 is 0.